The number of imidazole rings is 1. The molecule has 0 unspecified atom stereocenters. The summed E-state index contributed by atoms with van der Waals surface area (Å²) >= 11 is 0. The summed E-state index contributed by atoms with van der Waals surface area (Å²) in [5, 5.41) is 3.00. The number of anilines is 1. The molecule has 0 spiro atoms. The van der Waals surface area contributed by atoms with Gasteiger partial charge >= 0.3 is 6.03 Å². The Labute approximate surface area is 167 Å². The molecule has 1 N–H and O–H groups in total. The monoisotopic (exact) mass is 384 g/mol. The highest BCUT2D eigenvalue weighted by Crippen LogP contribution is 2.21. The number of ether oxygens (including phenoxy) is 1. The van der Waals surface area contributed by atoms with Crippen molar-refractivity contribution in [3.8, 4) is 5.75 Å². The molecule has 0 saturated carbocycles. The Hall–Kier alpha value is -2.50. The smallest absolute Gasteiger partial charge is 0.321 e. The van der Waals surface area contributed by atoms with E-state index < -0.39 is 0 Å². The van der Waals surface area contributed by atoms with Crippen molar-refractivity contribution in [2.45, 2.75) is 52.5 Å². The number of unbranched alkanes of at least 4 members (excludes halogenated alkanes) is 1. The number of amides is 2. The summed E-state index contributed by atoms with van der Waals surface area (Å²) < 4.78 is 7.92. The number of aromatic nitrogens is 2. The van der Waals surface area contributed by atoms with Gasteiger partial charge in [0.15, 0.2) is 0 Å². The number of piperidine rings is 1. The van der Waals surface area contributed by atoms with Crippen molar-refractivity contribution in [2.75, 3.05) is 25.0 Å². The van der Waals surface area contributed by atoms with Gasteiger partial charge in [-0.2, -0.15) is 0 Å². The van der Waals surface area contributed by atoms with E-state index in [1.165, 1.54) is 0 Å². The molecule has 0 radical (unpaired) electrons. The molecule has 1 saturated heterocycles. The standard InChI is InChI=1S/C22H32N4O2/c1-3-5-16-28-20-8-6-19(7-9-20)24-22(27)25-13-10-18(11-14-25)17-26-15-12-23-21(26)4-2/h6-9,12,15,18H,3-5,10-11,13-14,16-17H2,1-2H3,(H,24,27). The predicted molar refractivity (Wildman–Crippen MR) is 112 cm³/mol. The Bertz CT molecular complexity index is 733. The van der Waals surface area contributed by atoms with Gasteiger partial charge in [0, 0.05) is 44.1 Å². The lowest BCUT2D eigenvalue weighted by atomic mass is 9.97. The van der Waals surface area contributed by atoms with Crippen molar-refractivity contribution in [1.82, 2.24) is 14.5 Å². The number of rotatable bonds is 8. The van der Waals surface area contributed by atoms with Crippen molar-refractivity contribution in [2.24, 2.45) is 5.92 Å². The highest BCUT2D eigenvalue weighted by molar-refractivity contribution is 5.89. The SMILES string of the molecule is CCCCOc1ccc(NC(=O)N2CCC(Cn3ccnc3CC)CC2)cc1. The zero-order valence-corrected chi connectivity index (χ0v) is 17.1. The van der Waals surface area contributed by atoms with Gasteiger partial charge in [0.2, 0.25) is 0 Å². The first-order chi connectivity index (χ1) is 13.7. The van der Waals surface area contributed by atoms with E-state index in [1.807, 2.05) is 35.4 Å². The van der Waals surface area contributed by atoms with E-state index in [4.69, 9.17) is 4.74 Å². The normalized spacial score (nSPS) is 14.9. The Morgan fingerprint density at radius 1 is 1.21 bits per heavy atom. The fourth-order valence-electron chi connectivity index (χ4n) is 3.59. The summed E-state index contributed by atoms with van der Waals surface area (Å²) in [5.74, 6) is 2.59. The maximum Gasteiger partial charge on any atom is 0.321 e. The number of benzene rings is 1. The van der Waals surface area contributed by atoms with Gasteiger partial charge in [-0.1, -0.05) is 20.3 Å². The van der Waals surface area contributed by atoms with E-state index >= 15 is 0 Å². The lowest BCUT2D eigenvalue weighted by Gasteiger charge is -2.32. The quantitative estimate of drug-likeness (QED) is 0.678. The summed E-state index contributed by atoms with van der Waals surface area (Å²) in [5.41, 5.74) is 0.806. The fourth-order valence-corrected chi connectivity index (χ4v) is 3.59. The third-order valence-electron chi connectivity index (χ3n) is 5.35. The molecule has 1 aliphatic rings. The highest BCUT2D eigenvalue weighted by Gasteiger charge is 2.23. The zero-order chi connectivity index (χ0) is 19.8. The molecular weight excluding hydrogens is 352 g/mol. The van der Waals surface area contributed by atoms with Crippen molar-refractivity contribution in [3.05, 3.63) is 42.5 Å². The average Bonchev–Trinajstić information content (AvgIpc) is 3.17. The van der Waals surface area contributed by atoms with Crippen LogP contribution in [0.15, 0.2) is 36.7 Å². The van der Waals surface area contributed by atoms with E-state index in [9.17, 15) is 4.79 Å². The number of nitrogens with zero attached hydrogens (tertiary/aromatic N) is 3. The third-order valence-corrected chi connectivity index (χ3v) is 5.35. The van der Waals surface area contributed by atoms with Crippen LogP contribution >= 0.6 is 0 Å². The third kappa shape index (κ3) is 5.50. The van der Waals surface area contributed by atoms with Gasteiger partial charge < -0.3 is 19.5 Å². The van der Waals surface area contributed by atoms with Crippen LogP contribution in [0.2, 0.25) is 0 Å². The van der Waals surface area contributed by atoms with E-state index in [1.54, 1.807) is 0 Å². The molecule has 0 atom stereocenters. The van der Waals surface area contributed by atoms with Crippen molar-refractivity contribution in [3.63, 3.8) is 0 Å². The van der Waals surface area contributed by atoms with Crippen molar-refractivity contribution in [1.29, 1.82) is 0 Å². The number of aryl methyl sites for hydroxylation is 1. The first-order valence-electron chi connectivity index (χ1n) is 10.5. The van der Waals surface area contributed by atoms with E-state index in [-0.39, 0.29) is 6.03 Å². The highest BCUT2D eigenvalue weighted by atomic mass is 16.5. The summed E-state index contributed by atoms with van der Waals surface area (Å²) in [4.78, 5) is 18.9. The number of likely N-dealkylation sites (tertiary alicyclic amines) is 1. The lowest BCUT2D eigenvalue weighted by molar-refractivity contribution is 0.176. The largest absolute Gasteiger partial charge is 0.494 e. The zero-order valence-electron chi connectivity index (χ0n) is 17.1. The van der Waals surface area contributed by atoms with Crippen LogP contribution in [0, 0.1) is 5.92 Å². The molecular formula is C22H32N4O2. The average molecular weight is 385 g/mol. The molecule has 1 aliphatic heterocycles. The van der Waals surface area contributed by atoms with E-state index in [0.29, 0.717) is 5.92 Å². The fraction of sp³-hybridized carbons (Fsp3) is 0.545. The van der Waals surface area contributed by atoms with Gasteiger partial charge in [0.1, 0.15) is 11.6 Å². The van der Waals surface area contributed by atoms with Crippen LogP contribution in [-0.2, 0) is 13.0 Å². The molecule has 6 nitrogen and oxygen atoms in total. The van der Waals surface area contributed by atoms with Gasteiger partial charge in [-0.05, 0) is 49.4 Å². The van der Waals surface area contributed by atoms with Crippen LogP contribution < -0.4 is 10.1 Å². The van der Waals surface area contributed by atoms with Gasteiger partial charge in [0.25, 0.3) is 0 Å². The van der Waals surface area contributed by atoms with Crippen molar-refractivity contribution < 1.29 is 9.53 Å². The number of urea groups is 1. The minimum atomic E-state index is -0.0185. The molecule has 0 bridgehead atoms. The Morgan fingerprint density at radius 2 is 1.96 bits per heavy atom. The molecule has 28 heavy (non-hydrogen) atoms. The molecule has 6 heteroatoms. The first kappa shape index (κ1) is 20.2. The van der Waals surface area contributed by atoms with Crippen LogP contribution in [0.1, 0.15) is 45.4 Å². The molecule has 3 rings (SSSR count). The van der Waals surface area contributed by atoms with Crippen LogP contribution in [0.3, 0.4) is 0 Å². The topological polar surface area (TPSA) is 59.4 Å². The van der Waals surface area contributed by atoms with Crippen LogP contribution in [0.5, 0.6) is 5.75 Å². The number of hydrogen-bond donors (Lipinski definition) is 1. The minimum absolute atomic E-state index is 0.0185. The van der Waals surface area contributed by atoms with E-state index in [0.717, 1.165) is 75.6 Å². The van der Waals surface area contributed by atoms with Gasteiger partial charge in [-0.25, -0.2) is 9.78 Å². The van der Waals surface area contributed by atoms with Crippen LogP contribution in [0.25, 0.3) is 0 Å². The number of hydrogen-bond acceptors (Lipinski definition) is 3. The summed E-state index contributed by atoms with van der Waals surface area (Å²) in [6.07, 6.45) is 9.12. The Kier molecular flexibility index (Phi) is 7.34. The molecule has 1 fully saturated rings. The number of nitrogens with one attached hydrogen (secondary N) is 1. The van der Waals surface area contributed by atoms with E-state index in [2.05, 4.69) is 34.9 Å². The number of carbonyl (C=O) groups excluding carboxylic acids is 1. The second kappa shape index (κ2) is 10.2. The summed E-state index contributed by atoms with van der Waals surface area (Å²) in [6, 6.07) is 7.60. The second-order valence-electron chi connectivity index (χ2n) is 7.44. The Balaban J connectivity index is 1.43. The van der Waals surface area contributed by atoms with Gasteiger partial charge in [-0.15, -0.1) is 0 Å². The minimum Gasteiger partial charge on any atom is -0.494 e. The maximum absolute atomic E-state index is 12.6. The lowest BCUT2D eigenvalue weighted by Crippen LogP contribution is -2.41. The second-order valence-corrected chi connectivity index (χ2v) is 7.44. The Morgan fingerprint density at radius 3 is 2.64 bits per heavy atom. The van der Waals surface area contributed by atoms with Crippen LogP contribution in [0.4, 0.5) is 10.5 Å². The van der Waals surface area contributed by atoms with Gasteiger partial charge in [-0.3, -0.25) is 0 Å². The molecule has 1 aromatic heterocycles. The number of carbonyl (C=O) groups is 1. The maximum atomic E-state index is 12.6. The summed E-state index contributed by atoms with van der Waals surface area (Å²) in [7, 11) is 0. The van der Waals surface area contributed by atoms with Crippen LogP contribution in [-0.4, -0.2) is 40.2 Å². The van der Waals surface area contributed by atoms with Crippen molar-refractivity contribution >= 4 is 11.7 Å². The molecule has 2 heterocycles. The summed E-state index contributed by atoms with van der Waals surface area (Å²) in [6.45, 7) is 7.60. The molecule has 2 amide bonds. The molecule has 1 aromatic carbocycles. The molecule has 2 aromatic rings. The molecule has 152 valence electrons. The predicted octanol–water partition coefficient (Wildman–Crippen LogP) is 4.57. The van der Waals surface area contributed by atoms with Gasteiger partial charge in [0.05, 0.1) is 6.61 Å². The molecule has 0 aliphatic carbocycles. The first-order valence-corrected chi connectivity index (χ1v) is 10.5.